The molecule has 3 N–H and O–H groups in total. The number of anilines is 1. The molecule has 2 aromatic carbocycles. The first kappa shape index (κ1) is 23.9. The number of nitriles is 1. The molecule has 1 aliphatic carbocycles. The molecule has 1 saturated carbocycles. The van der Waals surface area contributed by atoms with E-state index in [1.165, 1.54) is 0 Å². The standard InChI is InChI=1S/C26H33N5O3/c1-30(26(32)29-22-7-11-23(33-2)12-8-22)25-19-5-6-20(25)15-31(14-19)16-21(28)17-34-24-9-3-18(13-27)4-10-24/h3-4,7-12,19-21,25H,5-6,14-17,28H2,1-2H3,(H,29,32)/t19?,20?,21-,25?/m0/s1. The van der Waals surface area contributed by atoms with Crippen LogP contribution in [-0.2, 0) is 0 Å². The molecule has 2 amide bonds. The molecule has 34 heavy (non-hydrogen) atoms. The second-order valence-electron chi connectivity index (χ2n) is 9.28. The van der Waals surface area contributed by atoms with E-state index in [0.717, 1.165) is 49.7 Å². The SMILES string of the molecule is COc1ccc(NC(=O)N(C)C2C3CCC2CN(C[C@H](N)COc2ccc(C#N)cc2)C3)cc1. The number of rotatable bonds is 8. The largest absolute Gasteiger partial charge is 0.497 e. The van der Waals surface area contributed by atoms with Crippen molar-refractivity contribution in [3.8, 4) is 17.6 Å². The predicted octanol–water partition coefficient (Wildman–Crippen LogP) is 3.15. The molecule has 0 aromatic heterocycles. The van der Waals surface area contributed by atoms with E-state index in [4.69, 9.17) is 20.5 Å². The van der Waals surface area contributed by atoms with Crippen molar-refractivity contribution in [3.05, 3.63) is 54.1 Å². The monoisotopic (exact) mass is 463 g/mol. The highest BCUT2D eigenvalue weighted by atomic mass is 16.5. The summed E-state index contributed by atoms with van der Waals surface area (Å²) in [7, 11) is 3.53. The lowest BCUT2D eigenvalue weighted by Crippen LogP contribution is -2.56. The number of nitrogens with zero attached hydrogens (tertiary/aromatic N) is 3. The Labute approximate surface area is 201 Å². The molecule has 2 bridgehead atoms. The summed E-state index contributed by atoms with van der Waals surface area (Å²) in [5.41, 5.74) is 7.74. The quantitative estimate of drug-likeness (QED) is 0.623. The third-order valence-electron chi connectivity index (χ3n) is 6.91. The van der Waals surface area contributed by atoms with E-state index in [9.17, 15) is 4.79 Å². The maximum absolute atomic E-state index is 12.9. The highest BCUT2D eigenvalue weighted by molar-refractivity contribution is 5.89. The lowest BCUT2D eigenvalue weighted by Gasteiger charge is -2.42. The molecule has 2 unspecified atom stereocenters. The van der Waals surface area contributed by atoms with Gasteiger partial charge in [-0.2, -0.15) is 5.26 Å². The van der Waals surface area contributed by atoms with E-state index in [-0.39, 0.29) is 18.1 Å². The minimum Gasteiger partial charge on any atom is -0.497 e. The van der Waals surface area contributed by atoms with Gasteiger partial charge in [0.25, 0.3) is 0 Å². The van der Waals surface area contributed by atoms with Crippen LogP contribution in [-0.4, -0.2) is 68.3 Å². The van der Waals surface area contributed by atoms with Crippen molar-refractivity contribution in [2.75, 3.05) is 45.7 Å². The molecule has 0 radical (unpaired) electrons. The second kappa shape index (κ2) is 10.8. The van der Waals surface area contributed by atoms with Crippen molar-refractivity contribution in [1.29, 1.82) is 5.26 Å². The summed E-state index contributed by atoms with van der Waals surface area (Å²) >= 11 is 0. The summed E-state index contributed by atoms with van der Waals surface area (Å²) in [6.07, 6.45) is 2.26. The number of likely N-dealkylation sites (tertiary alicyclic amines) is 1. The summed E-state index contributed by atoms with van der Waals surface area (Å²) in [4.78, 5) is 17.2. The first-order valence-electron chi connectivity index (χ1n) is 11.8. The van der Waals surface area contributed by atoms with E-state index in [2.05, 4.69) is 16.3 Å². The number of nitrogens with one attached hydrogen (secondary N) is 1. The molecule has 2 aromatic rings. The van der Waals surface area contributed by atoms with Gasteiger partial charge in [0.1, 0.15) is 18.1 Å². The van der Waals surface area contributed by atoms with E-state index in [1.807, 2.05) is 36.2 Å². The first-order chi connectivity index (χ1) is 16.5. The zero-order valence-electron chi connectivity index (χ0n) is 19.8. The van der Waals surface area contributed by atoms with Gasteiger partial charge >= 0.3 is 6.03 Å². The van der Waals surface area contributed by atoms with Gasteiger partial charge in [0.15, 0.2) is 0 Å². The van der Waals surface area contributed by atoms with Crippen LogP contribution < -0.4 is 20.5 Å². The van der Waals surface area contributed by atoms with Gasteiger partial charge in [0.2, 0.25) is 0 Å². The fraction of sp³-hybridized carbons (Fsp3) is 0.462. The summed E-state index contributed by atoms with van der Waals surface area (Å²) in [5.74, 6) is 2.36. The van der Waals surface area contributed by atoms with Crippen LogP contribution >= 0.6 is 0 Å². The van der Waals surface area contributed by atoms with Crippen LogP contribution in [0.15, 0.2) is 48.5 Å². The average Bonchev–Trinajstić information content (AvgIpc) is 3.12. The van der Waals surface area contributed by atoms with E-state index < -0.39 is 0 Å². The van der Waals surface area contributed by atoms with Gasteiger partial charge in [-0.25, -0.2) is 4.79 Å². The Kier molecular flexibility index (Phi) is 7.56. The average molecular weight is 464 g/mol. The third kappa shape index (κ3) is 5.61. The van der Waals surface area contributed by atoms with Gasteiger partial charge in [-0.05, 0) is 73.2 Å². The molecule has 1 heterocycles. The van der Waals surface area contributed by atoms with Gasteiger partial charge in [-0.1, -0.05) is 0 Å². The van der Waals surface area contributed by atoms with Crippen molar-refractivity contribution >= 4 is 11.7 Å². The van der Waals surface area contributed by atoms with Crippen molar-refractivity contribution < 1.29 is 14.3 Å². The maximum Gasteiger partial charge on any atom is 0.321 e. The van der Waals surface area contributed by atoms with Gasteiger partial charge < -0.3 is 30.3 Å². The Bertz CT molecular complexity index is 991. The molecular formula is C26H33N5O3. The van der Waals surface area contributed by atoms with Crippen LogP contribution in [0.3, 0.4) is 0 Å². The zero-order valence-corrected chi connectivity index (χ0v) is 19.8. The van der Waals surface area contributed by atoms with Crippen molar-refractivity contribution in [1.82, 2.24) is 9.80 Å². The first-order valence-corrected chi connectivity index (χ1v) is 11.8. The van der Waals surface area contributed by atoms with Crippen LogP contribution in [0.4, 0.5) is 10.5 Å². The highest BCUT2D eigenvalue weighted by Crippen LogP contribution is 2.39. The van der Waals surface area contributed by atoms with E-state index in [0.29, 0.717) is 24.0 Å². The number of carbonyl (C=O) groups excluding carboxylic acids is 1. The van der Waals surface area contributed by atoms with Crippen LogP contribution in [0.2, 0.25) is 0 Å². The number of hydrogen-bond donors (Lipinski definition) is 2. The number of fused-ring (bicyclic) bond motifs is 2. The molecule has 1 saturated heterocycles. The number of nitrogens with two attached hydrogens (primary N) is 1. The van der Waals surface area contributed by atoms with Gasteiger partial charge in [-0.15, -0.1) is 0 Å². The summed E-state index contributed by atoms with van der Waals surface area (Å²) in [6.45, 7) is 3.06. The second-order valence-corrected chi connectivity index (χ2v) is 9.28. The minimum atomic E-state index is -0.109. The molecule has 1 aliphatic heterocycles. The Morgan fingerprint density at radius 2 is 1.76 bits per heavy atom. The minimum absolute atomic E-state index is 0.0759. The molecule has 2 fully saturated rings. The maximum atomic E-state index is 12.9. The topological polar surface area (TPSA) is 104 Å². The molecule has 2 aliphatic rings. The smallest absolute Gasteiger partial charge is 0.321 e. The molecular weight excluding hydrogens is 430 g/mol. The van der Waals surface area contributed by atoms with Gasteiger partial charge in [0, 0.05) is 38.4 Å². The molecule has 8 nitrogen and oxygen atoms in total. The molecule has 3 atom stereocenters. The van der Waals surface area contributed by atoms with E-state index >= 15 is 0 Å². The number of hydrogen-bond acceptors (Lipinski definition) is 6. The predicted molar refractivity (Wildman–Crippen MR) is 131 cm³/mol. The highest BCUT2D eigenvalue weighted by Gasteiger charge is 2.45. The number of amides is 2. The fourth-order valence-corrected chi connectivity index (χ4v) is 5.31. The number of carbonyl (C=O) groups is 1. The molecule has 0 spiro atoms. The number of piperidine rings is 1. The van der Waals surface area contributed by atoms with Crippen LogP contribution in [0.1, 0.15) is 18.4 Å². The Morgan fingerprint density at radius 3 is 2.35 bits per heavy atom. The molecule has 8 heteroatoms. The van der Waals surface area contributed by atoms with Crippen molar-refractivity contribution in [2.45, 2.75) is 24.9 Å². The van der Waals surface area contributed by atoms with E-state index in [1.54, 1.807) is 31.4 Å². The summed E-state index contributed by atoms with van der Waals surface area (Å²) in [6, 6.07) is 16.6. The third-order valence-corrected chi connectivity index (χ3v) is 6.91. The lowest BCUT2D eigenvalue weighted by molar-refractivity contribution is 0.0734. The van der Waals surface area contributed by atoms with Crippen molar-refractivity contribution in [2.24, 2.45) is 17.6 Å². The van der Waals surface area contributed by atoms with Crippen LogP contribution in [0.25, 0.3) is 0 Å². The van der Waals surface area contributed by atoms with Crippen molar-refractivity contribution in [3.63, 3.8) is 0 Å². The zero-order chi connectivity index (χ0) is 24.1. The Morgan fingerprint density at radius 1 is 1.15 bits per heavy atom. The molecule has 4 rings (SSSR count). The van der Waals surface area contributed by atoms with Crippen LogP contribution in [0.5, 0.6) is 11.5 Å². The van der Waals surface area contributed by atoms with Crippen LogP contribution in [0, 0.1) is 23.2 Å². The number of ether oxygens (including phenoxy) is 2. The summed E-state index contributed by atoms with van der Waals surface area (Å²) in [5, 5.41) is 11.9. The lowest BCUT2D eigenvalue weighted by atomic mass is 9.91. The Hall–Kier alpha value is -3.28. The number of urea groups is 1. The fourth-order valence-electron chi connectivity index (χ4n) is 5.31. The summed E-state index contributed by atoms with van der Waals surface area (Å²) < 4.78 is 11.0. The van der Waals surface area contributed by atoms with Gasteiger partial charge in [0.05, 0.1) is 24.8 Å². The Balaban J connectivity index is 1.26. The van der Waals surface area contributed by atoms with Gasteiger partial charge in [-0.3, -0.25) is 0 Å². The number of methoxy groups -OCH3 is 1. The number of benzene rings is 2. The normalized spacial score (nSPS) is 22.5. The molecule has 180 valence electrons.